The maximum atomic E-state index is 13.1. The van der Waals surface area contributed by atoms with E-state index in [1.807, 2.05) is 48.5 Å². The van der Waals surface area contributed by atoms with Gasteiger partial charge in [0, 0.05) is 29.0 Å². The van der Waals surface area contributed by atoms with Gasteiger partial charge in [0.05, 0.1) is 34.9 Å². The maximum absolute atomic E-state index is 13.1. The predicted molar refractivity (Wildman–Crippen MR) is 134 cm³/mol. The molecular weight excluding hydrogens is 424 g/mol. The first kappa shape index (κ1) is 21.4. The van der Waals surface area contributed by atoms with Gasteiger partial charge < -0.3 is 14.4 Å². The van der Waals surface area contributed by atoms with Crippen LogP contribution in [0.15, 0.2) is 63.8 Å². The lowest BCUT2D eigenvalue weighted by molar-refractivity contribution is -0.928. The summed E-state index contributed by atoms with van der Waals surface area (Å²) in [6, 6.07) is 17.6. The third kappa shape index (κ3) is 3.59. The number of aromatic hydroxyl groups is 1. The van der Waals surface area contributed by atoms with Gasteiger partial charge in [-0.1, -0.05) is 45.0 Å². The normalized spacial score (nSPS) is 25.7. The standard InChI is InChI=1S/C29H30N2O3/c1-28(2)13-20-14-29(3,16-28)17-31(20)15-22-25(32)11-9-19-12-21(27(33)34-26(19)22)24-10-8-18-6-4-5-7-23(18)30-24/h4-12,20,32H,13-17H2,1-3H3/p+1. The lowest BCUT2D eigenvalue weighted by Crippen LogP contribution is -3.12. The van der Waals surface area contributed by atoms with Gasteiger partial charge >= 0.3 is 5.63 Å². The van der Waals surface area contributed by atoms with Crippen molar-refractivity contribution < 1.29 is 14.4 Å². The van der Waals surface area contributed by atoms with Crippen molar-refractivity contribution in [2.45, 2.75) is 52.6 Å². The number of fused-ring (bicyclic) bond motifs is 4. The van der Waals surface area contributed by atoms with Crippen molar-refractivity contribution in [3.63, 3.8) is 0 Å². The smallest absolute Gasteiger partial charge is 0.345 e. The van der Waals surface area contributed by atoms with E-state index < -0.39 is 5.63 Å². The highest BCUT2D eigenvalue weighted by Crippen LogP contribution is 2.47. The molecule has 2 bridgehead atoms. The highest BCUT2D eigenvalue weighted by Gasteiger charge is 2.52. The molecule has 2 aromatic heterocycles. The van der Waals surface area contributed by atoms with Crippen LogP contribution in [0.5, 0.6) is 5.75 Å². The van der Waals surface area contributed by atoms with Crippen LogP contribution in [0.3, 0.4) is 0 Å². The third-order valence-corrected chi connectivity index (χ3v) is 7.93. The first-order chi connectivity index (χ1) is 16.2. The minimum atomic E-state index is -0.426. The molecule has 174 valence electrons. The Morgan fingerprint density at radius 2 is 1.85 bits per heavy atom. The van der Waals surface area contributed by atoms with Crippen LogP contribution in [-0.4, -0.2) is 22.7 Å². The lowest BCUT2D eigenvalue weighted by Gasteiger charge is -2.37. The molecule has 1 saturated heterocycles. The van der Waals surface area contributed by atoms with E-state index in [9.17, 15) is 9.90 Å². The molecule has 1 saturated carbocycles. The van der Waals surface area contributed by atoms with Crippen molar-refractivity contribution in [1.29, 1.82) is 0 Å². The fourth-order valence-electron chi connectivity index (χ4n) is 6.98. The first-order valence-electron chi connectivity index (χ1n) is 12.2. The first-order valence-corrected chi connectivity index (χ1v) is 12.2. The third-order valence-electron chi connectivity index (χ3n) is 7.93. The molecule has 5 heteroatoms. The molecule has 5 nitrogen and oxygen atoms in total. The van der Waals surface area contributed by atoms with E-state index >= 15 is 0 Å². The monoisotopic (exact) mass is 455 g/mol. The fourth-order valence-corrected chi connectivity index (χ4v) is 6.98. The van der Waals surface area contributed by atoms with Gasteiger partial charge in [-0.2, -0.15) is 0 Å². The summed E-state index contributed by atoms with van der Waals surface area (Å²) in [7, 11) is 0. The van der Waals surface area contributed by atoms with E-state index in [0.717, 1.165) is 28.4 Å². The Labute approximate surface area is 199 Å². The number of nitrogens with one attached hydrogen (secondary N) is 1. The van der Waals surface area contributed by atoms with Crippen LogP contribution in [0.1, 0.15) is 45.6 Å². The van der Waals surface area contributed by atoms with Crippen LogP contribution in [0.4, 0.5) is 0 Å². The summed E-state index contributed by atoms with van der Waals surface area (Å²) in [4.78, 5) is 19.3. The highest BCUT2D eigenvalue weighted by molar-refractivity contribution is 5.87. The number of aromatic nitrogens is 1. The Morgan fingerprint density at radius 1 is 1.06 bits per heavy atom. The quantitative estimate of drug-likeness (QED) is 0.440. The van der Waals surface area contributed by atoms with Gasteiger partial charge in [-0.25, -0.2) is 9.78 Å². The van der Waals surface area contributed by atoms with E-state index in [0.29, 0.717) is 40.3 Å². The Balaban J connectivity index is 1.40. The molecule has 0 radical (unpaired) electrons. The van der Waals surface area contributed by atoms with Gasteiger partial charge in [-0.05, 0) is 42.2 Å². The number of hydrogen-bond donors (Lipinski definition) is 2. The summed E-state index contributed by atoms with van der Waals surface area (Å²) in [6.45, 7) is 8.89. The average molecular weight is 456 g/mol. The van der Waals surface area contributed by atoms with E-state index in [-0.39, 0.29) is 5.75 Å². The van der Waals surface area contributed by atoms with Crippen LogP contribution >= 0.6 is 0 Å². The number of pyridine rings is 1. The fraction of sp³-hybridized carbons (Fsp3) is 0.379. The number of rotatable bonds is 3. The van der Waals surface area contributed by atoms with Crippen molar-refractivity contribution in [2.75, 3.05) is 6.54 Å². The van der Waals surface area contributed by atoms with Crippen LogP contribution in [0.25, 0.3) is 33.1 Å². The second kappa shape index (κ2) is 7.41. The van der Waals surface area contributed by atoms with Gasteiger partial charge in [-0.3, -0.25) is 0 Å². The number of nitrogens with zero attached hydrogens (tertiary/aromatic N) is 1. The Morgan fingerprint density at radius 3 is 2.71 bits per heavy atom. The molecular formula is C29H31N2O3+. The molecule has 6 rings (SSSR count). The summed E-state index contributed by atoms with van der Waals surface area (Å²) >= 11 is 0. The van der Waals surface area contributed by atoms with E-state index in [2.05, 4.69) is 25.8 Å². The lowest BCUT2D eigenvalue weighted by atomic mass is 9.65. The number of benzene rings is 2. The van der Waals surface area contributed by atoms with E-state index in [1.165, 1.54) is 24.2 Å². The molecule has 3 heterocycles. The van der Waals surface area contributed by atoms with Crippen molar-refractivity contribution in [1.82, 2.24) is 4.98 Å². The Kier molecular flexibility index (Phi) is 4.65. The minimum absolute atomic E-state index is 0.200. The van der Waals surface area contributed by atoms with Gasteiger partial charge in [0.25, 0.3) is 0 Å². The number of para-hydroxylation sites is 1. The Hall–Kier alpha value is -3.18. The molecule has 3 atom stereocenters. The van der Waals surface area contributed by atoms with Crippen molar-refractivity contribution in [3.8, 4) is 17.0 Å². The molecule has 2 N–H and O–H groups in total. The molecule has 4 aromatic rings. The zero-order valence-corrected chi connectivity index (χ0v) is 20.0. The largest absolute Gasteiger partial charge is 0.507 e. The summed E-state index contributed by atoms with van der Waals surface area (Å²) in [5, 5.41) is 12.6. The number of phenolic OH excluding ortho intramolecular Hbond substituents is 1. The summed E-state index contributed by atoms with van der Waals surface area (Å²) in [5.74, 6) is 0.200. The molecule has 2 fully saturated rings. The zero-order chi connectivity index (χ0) is 23.7. The number of likely N-dealkylation sites (tertiary alicyclic amines) is 1. The molecule has 0 spiro atoms. The zero-order valence-electron chi connectivity index (χ0n) is 20.0. The molecule has 2 aliphatic rings. The van der Waals surface area contributed by atoms with Crippen LogP contribution in [0, 0.1) is 10.8 Å². The molecule has 3 unspecified atom stereocenters. The number of quaternary nitrogens is 1. The number of phenols is 1. The minimum Gasteiger partial charge on any atom is -0.507 e. The average Bonchev–Trinajstić information content (AvgIpc) is 3.02. The second-order valence-electron chi connectivity index (χ2n) is 11.6. The molecule has 0 amide bonds. The van der Waals surface area contributed by atoms with Crippen molar-refractivity contribution >= 4 is 21.9 Å². The van der Waals surface area contributed by atoms with Crippen LogP contribution < -0.4 is 10.5 Å². The van der Waals surface area contributed by atoms with Crippen LogP contribution in [-0.2, 0) is 6.54 Å². The van der Waals surface area contributed by atoms with E-state index in [4.69, 9.17) is 4.42 Å². The summed E-state index contributed by atoms with van der Waals surface area (Å²) in [6.07, 6.45) is 3.64. The number of hydrogen-bond acceptors (Lipinski definition) is 4. The molecule has 2 aromatic carbocycles. The van der Waals surface area contributed by atoms with Gasteiger partial charge in [0.15, 0.2) is 5.58 Å². The van der Waals surface area contributed by atoms with Gasteiger partial charge in [-0.15, -0.1) is 0 Å². The topological polar surface area (TPSA) is 67.8 Å². The van der Waals surface area contributed by atoms with Crippen molar-refractivity contribution in [3.05, 3.63) is 70.6 Å². The SMILES string of the molecule is CC1(C)CC2CC(C)(C[NH+]2Cc2c(O)ccc3cc(-c4ccc5ccccc5n4)c(=O)oc23)C1. The highest BCUT2D eigenvalue weighted by atomic mass is 16.4. The molecule has 1 aliphatic carbocycles. The van der Waals surface area contributed by atoms with Crippen LogP contribution in [0.2, 0.25) is 0 Å². The Bertz CT molecular complexity index is 1490. The second-order valence-corrected chi connectivity index (χ2v) is 11.6. The predicted octanol–water partition coefficient (Wildman–Crippen LogP) is 4.70. The van der Waals surface area contributed by atoms with E-state index in [1.54, 1.807) is 6.07 Å². The summed E-state index contributed by atoms with van der Waals surface area (Å²) in [5.41, 5.74) is 3.35. The van der Waals surface area contributed by atoms with Crippen molar-refractivity contribution in [2.24, 2.45) is 10.8 Å². The van der Waals surface area contributed by atoms with Gasteiger partial charge in [0.2, 0.25) is 0 Å². The molecule has 1 aliphatic heterocycles. The molecule has 34 heavy (non-hydrogen) atoms. The van der Waals surface area contributed by atoms with Gasteiger partial charge in [0.1, 0.15) is 12.3 Å². The summed E-state index contributed by atoms with van der Waals surface area (Å²) < 4.78 is 5.89. The maximum Gasteiger partial charge on any atom is 0.345 e.